The molecule has 2 N–H and O–H groups in total. The summed E-state index contributed by atoms with van der Waals surface area (Å²) in [6.07, 6.45) is -2.77. The average molecular weight is 437 g/mol. The van der Waals surface area contributed by atoms with Gasteiger partial charge in [0, 0.05) is 41.6 Å². The highest BCUT2D eigenvalue weighted by Crippen LogP contribution is 2.35. The third-order valence-corrected chi connectivity index (χ3v) is 5.53. The number of rotatable bonds is 3. The van der Waals surface area contributed by atoms with Crippen LogP contribution in [-0.2, 0) is 19.3 Å². The van der Waals surface area contributed by atoms with Gasteiger partial charge in [-0.25, -0.2) is 4.79 Å². The minimum Gasteiger partial charge on any atom is -0.316 e. The second-order valence-corrected chi connectivity index (χ2v) is 7.75. The standard InChI is InChI=1S/C23H18F3N5O/c1-13-8-14(6-7-27-13)21-17-9-16-12-31(22(32)28-19(16)10-20(17)29-30-21)11-15-4-2-3-5-18(15)23(24,25)26/h2-10H,11-12H2,1H3,(H,28,32)(H,29,30). The number of urea groups is 1. The van der Waals surface area contributed by atoms with Crippen LogP contribution in [0.15, 0.2) is 54.7 Å². The summed E-state index contributed by atoms with van der Waals surface area (Å²) in [5, 5.41) is 11.1. The lowest BCUT2D eigenvalue weighted by Crippen LogP contribution is -2.38. The van der Waals surface area contributed by atoms with Crippen LogP contribution < -0.4 is 5.32 Å². The molecule has 0 fully saturated rings. The van der Waals surface area contributed by atoms with Crippen molar-refractivity contribution in [3.05, 3.63) is 77.1 Å². The SMILES string of the molecule is Cc1cc(-c2n[nH]c3cc4c(cc23)CN(Cc2ccccc2C(F)(F)F)C(=O)N4)ccn1. The number of pyridine rings is 1. The van der Waals surface area contributed by atoms with Gasteiger partial charge in [-0.05, 0) is 48.4 Å². The summed E-state index contributed by atoms with van der Waals surface area (Å²) in [7, 11) is 0. The van der Waals surface area contributed by atoms with Crippen LogP contribution >= 0.6 is 0 Å². The zero-order chi connectivity index (χ0) is 22.5. The number of alkyl halides is 3. The van der Waals surface area contributed by atoms with Crippen LogP contribution in [0.4, 0.5) is 23.7 Å². The van der Waals surface area contributed by atoms with E-state index in [1.54, 1.807) is 18.3 Å². The molecule has 2 amide bonds. The van der Waals surface area contributed by atoms with Gasteiger partial charge in [-0.15, -0.1) is 0 Å². The maximum absolute atomic E-state index is 13.4. The van der Waals surface area contributed by atoms with Gasteiger partial charge in [0.15, 0.2) is 0 Å². The molecule has 0 spiro atoms. The Kier molecular flexibility index (Phi) is 4.61. The Morgan fingerprint density at radius 2 is 1.94 bits per heavy atom. The number of carbonyl (C=O) groups is 1. The third kappa shape index (κ3) is 3.55. The van der Waals surface area contributed by atoms with Gasteiger partial charge in [-0.1, -0.05) is 18.2 Å². The third-order valence-electron chi connectivity index (χ3n) is 5.53. The van der Waals surface area contributed by atoms with Gasteiger partial charge < -0.3 is 10.2 Å². The average Bonchev–Trinajstić information content (AvgIpc) is 3.15. The molecule has 1 aliphatic rings. The van der Waals surface area contributed by atoms with Gasteiger partial charge in [0.2, 0.25) is 0 Å². The number of nitrogens with one attached hydrogen (secondary N) is 2. The van der Waals surface area contributed by atoms with Crippen molar-refractivity contribution in [2.75, 3.05) is 5.32 Å². The van der Waals surface area contributed by atoms with Crippen LogP contribution in [-0.4, -0.2) is 26.1 Å². The topological polar surface area (TPSA) is 73.9 Å². The molecule has 0 unspecified atom stereocenters. The van der Waals surface area contributed by atoms with Crippen molar-refractivity contribution in [3.63, 3.8) is 0 Å². The molecule has 0 bridgehead atoms. The van der Waals surface area contributed by atoms with E-state index in [1.165, 1.54) is 17.0 Å². The van der Waals surface area contributed by atoms with Crippen LogP contribution in [0, 0.1) is 6.92 Å². The molecule has 0 saturated heterocycles. The normalized spacial score (nSPS) is 13.9. The quantitative estimate of drug-likeness (QED) is 0.445. The molecule has 3 heterocycles. The lowest BCUT2D eigenvalue weighted by molar-refractivity contribution is -0.138. The fraction of sp³-hybridized carbons (Fsp3) is 0.174. The number of aromatic nitrogens is 3. The van der Waals surface area contributed by atoms with Crippen molar-refractivity contribution in [2.24, 2.45) is 0 Å². The molecule has 4 aromatic rings. The second-order valence-electron chi connectivity index (χ2n) is 7.75. The number of hydrogen-bond acceptors (Lipinski definition) is 3. The maximum atomic E-state index is 13.4. The Hall–Kier alpha value is -3.88. The minimum absolute atomic E-state index is 0.0518. The number of fused-ring (bicyclic) bond motifs is 2. The molecule has 0 atom stereocenters. The van der Waals surface area contributed by atoms with E-state index < -0.39 is 17.8 Å². The number of anilines is 1. The monoisotopic (exact) mass is 437 g/mol. The highest BCUT2D eigenvalue weighted by Gasteiger charge is 2.34. The molecular weight excluding hydrogens is 419 g/mol. The molecule has 0 saturated carbocycles. The zero-order valence-electron chi connectivity index (χ0n) is 17.0. The number of carbonyl (C=O) groups excluding carboxylic acids is 1. The molecule has 0 radical (unpaired) electrons. The van der Waals surface area contributed by atoms with Crippen molar-refractivity contribution < 1.29 is 18.0 Å². The van der Waals surface area contributed by atoms with Crippen LogP contribution in [0.25, 0.3) is 22.2 Å². The summed E-state index contributed by atoms with van der Waals surface area (Å²) in [5.74, 6) is 0. The summed E-state index contributed by atoms with van der Waals surface area (Å²) in [4.78, 5) is 18.2. The lowest BCUT2D eigenvalue weighted by Gasteiger charge is -2.30. The summed E-state index contributed by atoms with van der Waals surface area (Å²) < 4.78 is 40.1. The van der Waals surface area contributed by atoms with E-state index >= 15 is 0 Å². The Labute approximate surface area is 181 Å². The van der Waals surface area contributed by atoms with Gasteiger partial charge in [-0.3, -0.25) is 10.1 Å². The number of aryl methyl sites for hydroxylation is 1. The Balaban J connectivity index is 1.50. The summed E-state index contributed by atoms with van der Waals surface area (Å²) in [6, 6.07) is 12.4. The minimum atomic E-state index is -4.48. The van der Waals surface area contributed by atoms with Crippen LogP contribution in [0.1, 0.15) is 22.4 Å². The summed E-state index contributed by atoms with van der Waals surface area (Å²) in [5.41, 5.74) is 4.00. The number of halogens is 3. The number of H-pyrrole nitrogens is 1. The number of hydrogen-bond donors (Lipinski definition) is 2. The first-order valence-electron chi connectivity index (χ1n) is 9.94. The molecule has 5 rings (SSSR count). The molecular formula is C23H18F3N5O. The number of nitrogens with zero attached hydrogens (tertiary/aromatic N) is 3. The molecule has 32 heavy (non-hydrogen) atoms. The number of aromatic amines is 1. The molecule has 2 aromatic heterocycles. The van der Waals surface area contributed by atoms with Crippen molar-refractivity contribution in [1.29, 1.82) is 0 Å². The molecule has 1 aliphatic heterocycles. The van der Waals surface area contributed by atoms with Crippen molar-refractivity contribution in [3.8, 4) is 11.3 Å². The molecule has 6 nitrogen and oxygen atoms in total. The van der Waals surface area contributed by atoms with E-state index in [-0.39, 0.29) is 18.7 Å². The van der Waals surface area contributed by atoms with Crippen LogP contribution in [0.3, 0.4) is 0 Å². The fourth-order valence-electron chi connectivity index (χ4n) is 4.01. The highest BCUT2D eigenvalue weighted by atomic mass is 19.4. The first kappa shape index (κ1) is 20.0. The van der Waals surface area contributed by atoms with E-state index in [0.717, 1.165) is 39.5 Å². The van der Waals surface area contributed by atoms with E-state index in [2.05, 4.69) is 20.5 Å². The Bertz CT molecular complexity index is 1350. The highest BCUT2D eigenvalue weighted by molar-refractivity contribution is 6.00. The predicted molar refractivity (Wildman–Crippen MR) is 114 cm³/mol. The largest absolute Gasteiger partial charge is 0.416 e. The first-order valence-corrected chi connectivity index (χ1v) is 9.94. The van der Waals surface area contributed by atoms with E-state index in [9.17, 15) is 18.0 Å². The molecule has 0 aliphatic carbocycles. The van der Waals surface area contributed by atoms with Crippen LogP contribution in [0.5, 0.6) is 0 Å². The van der Waals surface area contributed by atoms with Gasteiger partial charge in [0.1, 0.15) is 5.69 Å². The molecule has 162 valence electrons. The maximum Gasteiger partial charge on any atom is 0.416 e. The Morgan fingerprint density at radius 3 is 2.72 bits per heavy atom. The van der Waals surface area contributed by atoms with Gasteiger partial charge in [0.25, 0.3) is 0 Å². The van der Waals surface area contributed by atoms with Crippen LogP contribution in [0.2, 0.25) is 0 Å². The summed E-state index contributed by atoms with van der Waals surface area (Å²) >= 11 is 0. The van der Waals surface area contributed by atoms with Crippen molar-refractivity contribution >= 4 is 22.6 Å². The van der Waals surface area contributed by atoms with Gasteiger partial charge in [-0.2, -0.15) is 18.3 Å². The zero-order valence-corrected chi connectivity index (χ0v) is 17.0. The van der Waals surface area contributed by atoms with Crippen molar-refractivity contribution in [1.82, 2.24) is 20.1 Å². The lowest BCUT2D eigenvalue weighted by atomic mass is 10.0. The smallest absolute Gasteiger partial charge is 0.316 e. The second kappa shape index (κ2) is 7.37. The van der Waals surface area contributed by atoms with Crippen molar-refractivity contribution in [2.45, 2.75) is 26.2 Å². The summed E-state index contributed by atoms with van der Waals surface area (Å²) in [6.45, 7) is 1.93. The molecule has 9 heteroatoms. The van der Waals surface area contributed by atoms with Gasteiger partial charge >= 0.3 is 12.2 Å². The molecule has 2 aromatic carbocycles. The van der Waals surface area contributed by atoms with E-state index in [4.69, 9.17) is 0 Å². The van der Waals surface area contributed by atoms with E-state index in [0.29, 0.717) is 5.69 Å². The Morgan fingerprint density at radius 1 is 1.12 bits per heavy atom. The number of amides is 2. The van der Waals surface area contributed by atoms with E-state index in [1.807, 2.05) is 25.1 Å². The predicted octanol–water partition coefficient (Wildman–Crippen LogP) is 5.50. The number of benzene rings is 2. The fourth-order valence-corrected chi connectivity index (χ4v) is 4.01. The first-order chi connectivity index (χ1) is 15.3. The van der Waals surface area contributed by atoms with Gasteiger partial charge in [0.05, 0.1) is 11.1 Å².